The van der Waals surface area contributed by atoms with Crippen LogP contribution in [-0.4, -0.2) is 21.4 Å². The molecule has 0 amide bonds. The Kier molecular flexibility index (Phi) is 4.01. The van der Waals surface area contributed by atoms with Crippen LogP contribution in [0.3, 0.4) is 0 Å². The van der Waals surface area contributed by atoms with Gasteiger partial charge in [-0.3, -0.25) is 9.78 Å². The van der Waals surface area contributed by atoms with Crippen molar-refractivity contribution in [3.8, 4) is 0 Å². The fourth-order valence-corrected chi connectivity index (χ4v) is 1.41. The van der Waals surface area contributed by atoms with Gasteiger partial charge in [0.05, 0.1) is 11.8 Å². The highest BCUT2D eigenvalue weighted by molar-refractivity contribution is 5.80. The highest BCUT2D eigenvalue weighted by Crippen LogP contribution is 2.29. The lowest BCUT2D eigenvalue weighted by Gasteiger charge is -2.06. The third kappa shape index (κ3) is 3.88. The molecular formula is C12H10F3N5O. The molecule has 1 aromatic carbocycles. The Morgan fingerprint density at radius 3 is 2.76 bits per heavy atom. The molecule has 0 saturated heterocycles. The minimum Gasteiger partial charge on any atom is -0.288 e. The van der Waals surface area contributed by atoms with E-state index in [1.165, 1.54) is 25.3 Å². The average Bonchev–Trinajstić information content (AvgIpc) is 2.42. The largest absolute Gasteiger partial charge is 0.416 e. The molecule has 0 radical (unpaired) electrons. The van der Waals surface area contributed by atoms with Crippen LogP contribution in [0.2, 0.25) is 0 Å². The summed E-state index contributed by atoms with van der Waals surface area (Å²) in [7, 11) is 0. The summed E-state index contributed by atoms with van der Waals surface area (Å²) in [6.07, 6.45) is -3.24. The number of nitrogens with zero attached hydrogens (tertiary/aromatic N) is 3. The van der Waals surface area contributed by atoms with Crippen molar-refractivity contribution < 1.29 is 13.2 Å². The third-order valence-electron chi connectivity index (χ3n) is 2.46. The molecule has 0 bridgehead atoms. The molecule has 2 N–H and O–H groups in total. The predicted molar refractivity (Wildman–Crippen MR) is 70.1 cm³/mol. The van der Waals surface area contributed by atoms with Crippen LogP contribution in [0.15, 0.2) is 34.2 Å². The standard InChI is InChI=1S/C12H10F3N5O/c1-7-10(21)17-11(20-18-7)19-16-6-8-3-2-4-9(5-8)12(13,14)15/h2-6H,1H3,(H2,17,19,20,21)/b16-6+. The van der Waals surface area contributed by atoms with Crippen molar-refractivity contribution in [2.45, 2.75) is 13.1 Å². The molecule has 0 saturated carbocycles. The Morgan fingerprint density at radius 1 is 1.33 bits per heavy atom. The Morgan fingerprint density at radius 2 is 2.10 bits per heavy atom. The second kappa shape index (κ2) is 5.73. The summed E-state index contributed by atoms with van der Waals surface area (Å²) in [5, 5.41) is 10.9. The number of halogens is 3. The molecule has 1 heterocycles. The molecule has 6 nitrogen and oxygen atoms in total. The molecule has 0 aliphatic heterocycles. The Labute approximate surface area is 116 Å². The highest BCUT2D eigenvalue weighted by atomic mass is 19.4. The van der Waals surface area contributed by atoms with Crippen molar-refractivity contribution in [3.63, 3.8) is 0 Å². The first-order chi connectivity index (χ1) is 9.86. The molecule has 2 aromatic rings. The van der Waals surface area contributed by atoms with Crippen LogP contribution >= 0.6 is 0 Å². The molecule has 21 heavy (non-hydrogen) atoms. The monoisotopic (exact) mass is 297 g/mol. The van der Waals surface area contributed by atoms with Gasteiger partial charge in [0.25, 0.3) is 5.56 Å². The number of hydrogen-bond donors (Lipinski definition) is 2. The number of hydrogen-bond acceptors (Lipinski definition) is 5. The lowest BCUT2D eigenvalue weighted by molar-refractivity contribution is -0.137. The molecule has 2 rings (SSSR count). The average molecular weight is 297 g/mol. The van der Waals surface area contributed by atoms with Crippen LogP contribution in [0.1, 0.15) is 16.8 Å². The number of anilines is 1. The second-order valence-corrected chi connectivity index (χ2v) is 4.08. The number of aromatic amines is 1. The molecule has 0 atom stereocenters. The third-order valence-corrected chi connectivity index (χ3v) is 2.46. The number of rotatable bonds is 3. The van der Waals surface area contributed by atoms with E-state index in [9.17, 15) is 18.0 Å². The number of benzene rings is 1. The fraction of sp³-hybridized carbons (Fsp3) is 0.167. The first-order valence-corrected chi connectivity index (χ1v) is 5.76. The first-order valence-electron chi connectivity index (χ1n) is 5.76. The van der Waals surface area contributed by atoms with Gasteiger partial charge in [0.1, 0.15) is 5.69 Å². The summed E-state index contributed by atoms with van der Waals surface area (Å²) in [6.45, 7) is 1.49. The van der Waals surface area contributed by atoms with Crippen molar-refractivity contribution >= 4 is 12.2 Å². The van der Waals surface area contributed by atoms with Gasteiger partial charge < -0.3 is 0 Å². The number of hydrazone groups is 1. The minimum atomic E-state index is -4.41. The number of alkyl halides is 3. The van der Waals surface area contributed by atoms with Gasteiger partial charge in [0, 0.05) is 0 Å². The molecule has 0 fully saturated rings. The van der Waals surface area contributed by atoms with E-state index >= 15 is 0 Å². The van der Waals surface area contributed by atoms with Gasteiger partial charge in [-0.05, 0) is 24.6 Å². The van der Waals surface area contributed by atoms with Crippen LogP contribution in [0.5, 0.6) is 0 Å². The zero-order chi connectivity index (χ0) is 15.5. The van der Waals surface area contributed by atoms with Crippen molar-refractivity contribution in [1.82, 2.24) is 15.2 Å². The van der Waals surface area contributed by atoms with Crippen molar-refractivity contribution in [3.05, 3.63) is 51.4 Å². The van der Waals surface area contributed by atoms with Crippen molar-refractivity contribution in [2.24, 2.45) is 5.10 Å². The van der Waals surface area contributed by atoms with E-state index < -0.39 is 17.3 Å². The topological polar surface area (TPSA) is 83.0 Å². The van der Waals surface area contributed by atoms with E-state index in [0.29, 0.717) is 0 Å². The first kappa shape index (κ1) is 14.7. The quantitative estimate of drug-likeness (QED) is 0.670. The van der Waals surface area contributed by atoms with Crippen LogP contribution in [0.4, 0.5) is 19.1 Å². The summed E-state index contributed by atoms with van der Waals surface area (Å²) in [5.41, 5.74) is 1.63. The second-order valence-electron chi connectivity index (χ2n) is 4.08. The molecule has 9 heteroatoms. The van der Waals surface area contributed by atoms with E-state index in [-0.39, 0.29) is 17.2 Å². The van der Waals surface area contributed by atoms with Gasteiger partial charge in [-0.1, -0.05) is 12.1 Å². The van der Waals surface area contributed by atoms with E-state index in [1.807, 2.05) is 0 Å². The number of nitrogens with one attached hydrogen (secondary N) is 2. The Bertz CT molecular complexity index is 723. The molecule has 0 aliphatic rings. The van der Waals surface area contributed by atoms with Gasteiger partial charge in [0.2, 0.25) is 5.95 Å². The number of aryl methyl sites for hydroxylation is 1. The zero-order valence-corrected chi connectivity index (χ0v) is 10.8. The minimum absolute atomic E-state index is 0.00572. The molecule has 0 spiro atoms. The van der Waals surface area contributed by atoms with Crippen molar-refractivity contribution in [2.75, 3.05) is 5.43 Å². The number of aromatic nitrogens is 3. The van der Waals surface area contributed by atoms with Gasteiger partial charge in [-0.25, -0.2) is 5.43 Å². The summed E-state index contributed by atoms with van der Waals surface area (Å²) in [6, 6.07) is 4.66. The van der Waals surface area contributed by atoms with Crippen LogP contribution in [-0.2, 0) is 6.18 Å². The molecule has 110 valence electrons. The summed E-state index contributed by atoms with van der Waals surface area (Å²) in [4.78, 5) is 13.6. The van der Waals surface area contributed by atoms with Gasteiger partial charge in [0.15, 0.2) is 0 Å². The summed E-state index contributed by atoms with van der Waals surface area (Å²) < 4.78 is 37.6. The van der Waals surface area contributed by atoms with E-state index in [2.05, 4.69) is 25.7 Å². The van der Waals surface area contributed by atoms with Crippen LogP contribution < -0.4 is 11.0 Å². The number of H-pyrrole nitrogens is 1. The lowest BCUT2D eigenvalue weighted by Crippen LogP contribution is -2.15. The highest BCUT2D eigenvalue weighted by Gasteiger charge is 2.30. The zero-order valence-electron chi connectivity index (χ0n) is 10.8. The van der Waals surface area contributed by atoms with Gasteiger partial charge in [-0.2, -0.15) is 18.3 Å². The molecular weight excluding hydrogens is 287 g/mol. The maximum Gasteiger partial charge on any atom is 0.416 e. The van der Waals surface area contributed by atoms with E-state index in [0.717, 1.165) is 12.1 Å². The summed E-state index contributed by atoms with van der Waals surface area (Å²) in [5.74, 6) is -0.00572. The summed E-state index contributed by atoms with van der Waals surface area (Å²) >= 11 is 0. The lowest BCUT2D eigenvalue weighted by atomic mass is 10.1. The van der Waals surface area contributed by atoms with Crippen LogP contribution in [0, 0.1) is 6.92 Å². The SMILES string of the molecule is Cc1nnc(N/N=C/c2cccc(C(F)(F)F)c2)[nH]c1=O. The van der Waals surface area contributed by atoms with Gasteiger partial charge in [-0.15, -0.1) is 10.2 Å². The molecule has 0 aliphatic carbocycles. The predicted octanol–water partition coefficient (Wildman–Crippen LogP) is 1.94. The fourth-order valence-electron chi connectivity index (χ4n) is 1.41. The maximum atomic E-state index is 12.5. The van der Waals surface area contributed by atoms with Crippen molar-refractivity contribution in [1.29, 1.82) is 0 Å². The molecule has 1 aromatic heterocycles. The van der Waals surface area contributed by atoms with E-state index in [4.69, 9.17) is 0 Å². The smallest absolute Gasteiger partial charge is 0.288 e. The van der Waals surface area contributed by atoms with Gasteiger partial charge >= 0.3 is 6.18 Å². The normalized spacial score (nSPS) is 11.8. The van der Waals surface area contributed by atoms with Crippen LogP contribution in [0.25, 0.3) is 0 Å². The maximum absolute atomic E-state index is 12.5. The Balaban J connectivity index is 2.11. The Hall–Kier alpha value is -2.71. The van der Waals surface area contributed by atoms with E-state index in [1.54, 1.807) is 0 Å². The molecule has 0 unspecified atom stereocenters.